The molecular weight excluding hydrogens is 178 g/mol. The minimum atomic E-state index is -0.0553. The Hall–Kier alpha value is -0.610. The predicted molar refractivity (Wildman–Crippen MR) is 56.4 cm³/mol. The summed E-state index contributed by atoms with van der Waals surface area (Å²) in [4.78, 5) is 13.8. The second kappa shape index (κ2) is 5.32. The number of nitrogens with two attached hydrogens (primary N) is 1. The first kappa shape index (κ1) is 11.5. The fraction of sp³-hybridized carbons (Fsp3) is 0.900. The molecule has 0 aromatic heterocycles. The third kappa shape index (κ3) is 2.69. The molecule has 1 fully saturated rings. The van der Waals surface area contributed by atoms with Crippen LogP contribution in [0.15, 0.2) is 0 Å². The number of hydrazine groups is 1. The van der Waals surface area contributed by atoms with E-state index in [1.807, 2.05) is 0 Å². The molecule has 0 saturated carbocycles. The largest absolute Gasteiger partial charge is 0.293 e. The zero-order valence-corrected chi connectivity index (χ0v) is 9.12. The van der Waals surface area contributed by atoms with Gasteiger partial charge in [-0.05, 0) is 31.8 Å². The van der Waals surface area contributed by atoms with E-state index in [4.69, 9.17) is 5.84 Å². The van der Waals surface area contributed by atoms with Crippen LogP contribution >= 0.6 is 0 Å². The zero-order chi connectivity index (χ0) is 10.6. The van der Waals surface area contributed by atoms with Gasteiger partial charge in [0.2, 0.25) is 0 Å². The SMILES string of the molecule is CC(C)[C@H](C(=O)NN)N1CCCCC1. The molecule has 3 N–H and O–H groups in total. The van der Waals surface area contributed by atoms with Gasteiger partial charge in [0.1, 0.15) is 0 Å². The summed E-state index contributed by atoms with van der Waals surface area (Å²) in [7, 11) is 0. The van der Waals surface area contributed by atoms with Crippen LogP contribution < -0.4 is 11.3 Å². The van der Waals surface area contributed by atoms with Gasteiger partial charge < -0.3 is 0 Å². The van der Waals surface area contributed by atoms with Crippen molar-refractivity contribution in [3.63, 3.8) is 0 Å². The van der Waals surface area contributed by atoms with Gasteiger partial charge in [-0.1, -0.05) is 20.3 Å². The molecule has 0 radical (unpaired) electrons. The summed E-state index contributed by atoms with van der Waals surface area (Å²) in [5.41, 5.74) is 2.26. The average Bonchev–Trinajstić information content (AvgIpc) is 2.19. The van der Waals surface area contributed by atoms with Gasteiger partial charge in [-0.3, -0.25) is 15.1 Å². The van der Waals surface area contributed by atoms with Crippen molar-refractivity contribution in [2.45, 2.75) is 39.2 Å². The number of nitrogens with one attached hydrogen (secondary N) is 1. The monoisotopic (exact) mass is 199 g/mol. The van der Waals surface area contributed by atoms with Gasteiger partial charge in [0, 0.05) is 0 Å². The number of carbonyl (C=O) groups is 1. The zero-order valence-electron chi connectivity index (χ0n) is 9.12. The summed E-state index contributed by atoms with van der Waals surface area (Å²) >= 11 is 0. The predicted octanol–water partition coefficient (Wildman–Crippen LogP) is 0.487. The van der Waals surface area contributed by atoms with Crippen LogP contribution in [0.25, 0.3) is 0 Å². The second-order valence-corrected chi connectivity index (χ2v) is 4.29. The molecule has 1 atom stereocenters. The van der Waals surface area contributed by atoms with Gasteiger partial charge in [0.05, 0.1) is 6.04 Å². The van der Waals surface area contributed by atoms with E-state index in [1.165, 1.54) is 19.3 Å². The van der Waals surface area contributed by atoms with Crippen LogP contribution in [0.3, 0.4) is 0 Å². The van der Waals surface area contributed by atoms with Crippen molar-refractivity contribution in [2.24, 2.45) is 11.8 Å². The number of nitrogens with zero attached hydrogens (tertiary/aromatic N) is 1. The Labute approximate surface area is 85.8 Å². The van der Waals surface area contributed by atoms with Crippen LogP contribution in [0.5, 0.6) is 0 Å². The maximum absolute atomic E-state index is 11.6. The summed E-state index contributed by atoms with van der Waals surface area (Å²) in [6.07, 6.45) is 3.67. The minimum Gasteiger partial charge on any atom is -0.293 e. The quantitative estimate of drug-likeness (QED) is 0.395. The third-order valence-corrected chi connectivity index (χ3v) is 2.83. The Bertz CT molecular complexity index is 188. The first-order chi connectivity index (χ1) is 6.66. The molecule has 4 heteroatoms. The molecule has 0 aromatic carbocycles. The normalized spacial score (nSPS) is 20.9. The van der Waals surface area contributed by atoms with Crippen LogP contribution in [-0.2, 0) is 4.79 Å². The van der Waals surface area contributed by atoms with E-state index >= 15 is 0 Å². The van der Waals surface area contributed by atoms with Gasteiger partial charge in [-0.25, -0.2) is 5.84 Å². The molecule has 4 nitrogen and oxygen atoms in total. The highest BCUT2D eigenvalue weighted by atomic mass is 16.2. The molecule has 0 unspecified atom stereocenters. The average molecular weight is 199 g/mol. The van der Waals surface area contributed by atoms with E-state index in [0.29, 0.717) is 5.92 Å². The van der Waals surface area contributed by atoms with Crippen LogP contribution in [0.2, 0.25) is 0 Å². The third-order valence-electron chi connectivity index (χ3n) is 2.83. The fourth-order valence-electron chi connectivity index (χ4n) is 2.17. The minimum absolute atomic E-state index is 0.0538. The Morgan fingerprint density at radius 2 is 1.86 bits per heavy atom. The summed E-state index contributed by atoms with van der Waals surface area (Å²) in [6, 6.07) is -0.0553. The summed E-state index contributed by atoms with van der Waals surface area (Å²) in [5.74, 6) is 5.45. The first-order valence-corrected chi connectivity index (χ1v) is 5.41. The molecular formula is C10H21N3O. The number of piperidine rings is 1. The molecule has 0 spiro atoms. The maximum atomic E-state index is 11.6. The lowest BCUT2D eigenvalue weighted by Gasteiger charge is -2.35. The highest BCUT2D eigenvalue weighted by molar-refractivity contribution is 5.81. The van der Waals surface area contributed by atoms with Crippen LogP contribution in [0.4, 0.5) is 0 Å². The van der Waals surface area contributed by atoms with Gasteiger partial charge in [-0.15, -0.1) is 0 Å². The molecule has 0 bridgehead atoms. The van der Waals surface area contributed by atoms with Crippen LogP contribution in [0, 0.1) is 5.92 Å². The molecule has 1 aliphatic rings. The fourth-order valence-corrected chi connectivity index (χ4v) is 2.17. The van der Waals surface area contributed by atoms with Crippen molar-refractivity contribution in [2.75, 3.05) is 13.1 Å². The maximum Gasteiger partial charge on any atom is 0.251 e. The first-order valence-electron chi connectivity index (χ1n) is 5.41. The summed E-state index contributed by atoms with van der Waals surface area (Å²) < 4.78 is 0. The molecule has 14 heavy (non-hydrogen) atoms. The Kier molecular flexibility index (Phi) is 4.35. The van der Waals surface area contributed by atoms with Crippen molar-refractivity contribution < 1.29 is 4.79 Å². The van der Waals surface area contributed by atoms with Gasteiger partial charge >= 0.3 is 0 Å². The number of hydrogen-bond acceptors (Lipinski definition) is 3. The van der Waals surface area contributed by atoms with E-state index in [1.54, 1.807) is 0 Å². The lowest BCUT2D eigenvalue weighted by atomic mass is 9.99. The molecule has 82 valence electrons. The number of amides is 1. The Balaban J connectivity index is 2.60. The van der Waals surface area contributed by atoms with Crippen molar-refractivity contribution in [3.8, 4) is 0 Å². The van der Waals surface area contributed by atoms with Crippen molar-refractivity contribution >= 4 is 5.91 Å². The summed E-state index contributed by atoms with van der Waals surface area (Å²) in [6.45, 7) is 6.18. The standard InChI is InChI=1S/C10H21N3O/c1-8(2)9(10(14)12-11)13-6-4-3-5-7-13/h8-9H,3-7,11H2,1-2H3,(H,12,14)/t9-/m1/s1. The van der Waals surface area contributed by atoms with E-state index in [0.717, 1.165) is 13.1 Å². The number of likely N-dealkylation sites (tertiary alicyclic amines) is 1. The number of hydrogen-bond donors (Lipinski definition) is 2. The van der Waals surface area contributed by atoms with Crippen molar-refractivity contribution in [1.82, 2.24) is 10.3 Å². The molecule has 1 aliphatic heterocycles. The molecule has 1 saturated heterocycles. The molecule has 1 amide bonds. The summed E-state index contributed by atoms with van der Waals surface area (Å²) in [5, 5.41) is 0. The van der Waals surface area contributed by atoms with E-state index in [2.05, 4.69) is 24.2 Å². The lowest BCUT2D eigenvalue weighted by molar-refractivity contribution is -0.128. The highest BCUT2D eigenvalue weighted by Crippen LogP contribution is 2.17. The Morgan fingerprint density at radius 3 is 2.29 bits per heavy atom. The van der Waals surface area contributed by atoms with Gasteiger partial charge in [-0.2, -0.15) is 0 Å². The van der Waals surface area contributed by atoms with E-state index < -0.39 is 0 Å². The lowest BCUT2D eigenvalue weighted by Crippen LogP contribution is -2.53. The van der Waals surface area contributed by atoms with Gasteiger partial charge in [0.15, 0.2) is 0 Å². The van der Waals surface area contributed by atoms with E-state index in [9.17, 15) is 4.79 Å². The molecule has 0 aromatic rings. The number of rotatable bonds is 3. The number of carbonyl (C=O) groups excluding carboxylic acids is 1. The van der Waals surface area contributed by atoms with Crippen molar-refractivity contribution in [3.05, 3.63) is 0 Å². The van der Waals surface area contributed by atoms with Crippen LogP contribution in [0.1, 0.15) is 33.1 Å². The van der Waals surface area contributed by atoms with Crippen molar-refractivity contribution in [1.29, 1.82) is 0 Å². The van der Waals surface area contributed by atoms with Gasteiger partial charge in [0.25, 0.3) is 5.91 Å². The molecule has 1 rings (SSSR count). The smallest absolute Gasteiger partial charge is 0.251 e. The second-order valence-electron chi connectivity index (χ2n) is 4.29. The molecule has 1 heterocycles. The van der Waals surface area contributed by atoms with E-state index in [-0.39, 0.29) is 11.9 Å². The topological polar surface area (TPSA) is 58.4 Å². The molecule has 0 aliphatic carbocycles. The highest BCUT2D eigenvalue weighted by Gasteiger charge is 2.28. The Morgan fingerprint density at radius 1 is 1.29 bits per heavy atom. The van der Waals surface area contributed by atoms with Crippen LogP contribution in [-0.4, -0.2) is 29.9 Å².